The van der Waals surface area contributed by atoms with Gasteiger partial charge in [0.25, 0.3) is 0 Å². The Morgan fingerprint density at radius 3 is 2.62 bits per heavy atom. The SMILES string of the molecule is CNC(=O)N(C)C1c2ccccc2Oc2cccc(C)c21. The Balaban J connectivity index is 2.20. The fraction of sp³-hybridized carbons (Fsp3) is 0.235. The molecule has 1 heterocycles. The average molecular weight is 282 g/mol. The van der Waals surface area contributed by atoms with Crippen molar-refractivity contribution >= 4 is 6.03 Å². The van der Waals surface area contributed by atoms with Gasteiger partial charge in [0.05, 0.1) is 6.04 Å². The van der Waals surface area contributed by atoms with Crippen LogP contribution in [0.15, 0.2) is 42.5 Å². The number of nitrogens with zero attached hydrogens (tertiary/aromatic N) is 1. The number of nitrogens with one attached hydrogen (secondary N) is 1. The molecule has 1 aliphatic rings. The van der Waals surface area contributed by atoms with Gasteiger partial charge in [-0.2, -0.15) is 0 Å². The van der Waals surface area contributed by atoms with Crippen LogP contribution in [-0.2, 0) is 0 Å². The van der Waals surface area contributed by atoms with Gasteiger partial charge in [0, 0.05) is 25.2 Å². The maximum atomic E-state index is 12.1. The van der Waals surface area contributed by atoms with Gasteiger partial charge in [-0.3, -0.25) is 0 Å². The summed E-state index contributed by atoms with van der Waals surface area (Å²) in [6.07, 6.45) is 0. The smallest absolute Gasteiger partial charge is 0.317 e. The van der Waals surface area contributed by atoms with Crippen molar-refractivity contribution in [3.05, 3.63) is 59.2 Å². The summed E-state index contributed by atoms with van der Waals surface area (Å²) >= 11 is 0. The Hall–Kier alpha value is -2.49. The van der Waals surface area contributed by atoms with E-state index in [1.54, 1.807) is 11.9 Å². The number of rotatable bonds is 1. The summed E-state index contributed by atoms with van der Waals surface area (Å²) in [6.45, 7) is 2.04. The van der Waals surface area contributed by atoms with Gasteiger partial charge in [0.2, 0.25) is 0 Å². The average Bonchev–Trinajstić information content (AvgIpc) is 2.51. The molecule has 3 rings (SSSR count). The minimum absolute atomic E-state index is 0.120. The van der Waals surface area contributed by atoms with E-state index < -0.39 is 0 Å². The zero-order valence-corrected chi connectivity index (χ0v) is 12.4. The van der Waals surface area contributed by atoms with Gasteiger partial charge in [0.1, 0.15) is 11.5 Å². The monoisotopic (exact) mass is 282 g/mol. The van der Waals surface area contributed by atoms with E-state index in [0.29, 0.717) is 0 Å². The molecule has 21 heavy (non-hydrogen) atoms. The number of ether oxygens (including phenoxy) is 1. The minimum atomic E-state index is -0.147. The summed E-state index contributed by atoms with van der Waals surface area (Å²) in [4.78, 5) is 13.8. The van der Waals surface area contributed by atoms with Crippen molar-refractivity contribution in [2.24, 2.45) is 0 Å². The third kappa shape index (κ3) is 2.13. The molecule has 0 aromatic heterocycles. The molecule has 1 unspecified atom stereocenters. The molecule has 0 saturated carbocycles. The largest absolute Gasteiger partial charge is 0.457 e. The van der Waals surface area contributed by atoms with E-state index in [2.05, 4.69) is 5.32 Å². The van der Waals surface area contributed by atoms with E-state index in [9.17, 15) is 4.79 Å². The lowest BCUT2D eigenvalue weighted by Crippen LogP contribution is -2.39. The molecule has 0 aliphatic carbocycles. The highest BCUT2D eigenvalue weighted by atomic mass is 16.5. The second kappa shape index (κ2) is 5.13. The number of fused-ring (bicyclic) bond motifs is 2. The molecule has 0 saturated heterocycles. The van der Waals surface area contributed by atoms with Crippen LogP contribution in [0.3, 0.4) is 0 Å². The molecular formula is C17H18N2O2. The predicted octanol–water partition coefficient (Wildman–Crippen LogP) is 3.46. The minimum Gasteiger partial charge on any atom is -0.457 e. The summed E-state index contributed by atoms with van der Waals surface area (Å²) < 4.78 is 5.99. The van der Waals surface area contributed by atoms with Crippen molar-refractivity contribution in [1.29, 1.82) is 0 Å². The quantitative estimate of drug-likeness (QED) is 0.870. The molecule has 2 aromatic carbocycles. The summed E-state index contributed by atoms with van der Waals surface area (Å²) in [6, 6.07) is 13.5. The van der Waals surface area contributed by atoms with Gasteiger partial charge in [-0.05, 0) is 24.6 Å². The molecule has 4 heteroatoms. The number of carbonyl (C=O) groups is 1. The van der Waals surface area contributed by atoms with Gasteiger partial charge in [0.15, 0.2) is 0 Å². The number of amides is 2. The van der Waals surface area contributed by atoms with Crippen LogP contribution in [0.1, 0.15) is 22.7 Å². The molecule has 108 valence electrons. The fourth-order valence-corrected chi connectivity index (χ4v) is 2.86. The first-order valence-corrected chi connectivity index (χ1v) is 6.94. The van der Waals surface area contributed by atoms with Crippen molar-refractivity contribution in [1.82, 2.24) is 10.2 Å². The van der Waals surface area contributed by atoms with Crippen molar-refractivity contribution in [3.63, 3.8) is 0 Å². The Kier molecular flexibility index (Phi) is 3.29. The van der Waals surface area contributed by atoms with Crippen molar-refractivity contribution < 1.29 is 9.53 Å². The van der Waals surface area contributed by atoms with E-state index in [1.165, 1.54) is 0 Å². The first kappa shape index (κ1) is 13.5. The lowest BCUT2D eigenvalue weighted by Gasteiger charge is -2.35. The Morgan fingerprint density at radius 2 is 1.86 bits per heavy atom. The van der Waals surface area contributed by atoms with Crippen molar-refractivity contribution in [3.8, 4) is 11.5 Å². The molecule has 1 aliphatic heterocycles. The number of aryl methyl sites for hydroxylation is 1. The molecule has 2 aromatic rings. The number of hydrogen-bond donors (Lipinski definition) is 1. The van der Waals surface area contributed by atoms with E-state index >= 15 is 0 Å². The summed E-state index contributed by atoms with van der Waals surface area (Å²) in [5.74, 6) is 1.62. The fourth-order valence-electron chi connectivity index (χ4n) is 2.86. The van der Waals surface area contributed by atoms with Crippen LogP contribution in [-0.4, -0.2) is 25.0 Å². The lowest BCUT2D eigenvalue weighted by molar-refractivity contribution is 0.197. The molecule has 2 amide bonds. The number of para-hydroxylation sites is 1. The van der Waals surface area contributed by atoms with E-state index in [4.69, 9.17) is 4.74 Å². The van der Waals surface area contributed by atoms with Crippen LogP contribution in [0.5, 0.6) is 11.5 Å². The van der Waals surface area contributed by atoms with Crippen LogP contribution in [0.25, 0.3) is 0 Å². The maximum absolute atomic E-state index is 12.1. The molecular weight excluding hydrogens is 264 g/mol. The van der Waals surface area contributed by atoms with Crippen LogP contribution in [0.2, 0.25) is 0 Å². The first-order valence-electron chi connectivity index (χ1n) is 6.94. The van der Waals surface area contributed by atoms with Crippen LogP contribution < -0.4 is 10.1 Å². The van der Waals surface area contributed by atoms with Gasteiger partial charge >= 0.3 is 6.03 Å². The molecule has 0 bridgehead atoms. The van der Waals surface area contributed by atoms with Gasteiger partial charge in [-0.15, -0.1) is 0 Å². The molecule has 0 fully saturated rings. The molecule has 0 radical (unpaired) electrons. The molecule has 1 atom stereocenters. The molecule has 1 N–H and O–H groups in total. The summed E-state index contributed by atoms with van der Waals surface area (Å²) in [7, 11) is 3.45. The Morgan fingerprint density at radius 1 is 1.14 bits per heavy atom. The highest BCUT2D eigenvalue weighted by molar-refractivity contribution is 5.75. The van der Waals surface area contributed by atoms with Crippen molar-refractivity contribution in [2.75, 3.05) is 14.1 Å². The van der Waals surface area contributed by atoms with E-state index in [1.807, 2.05) is 56.4 Å². The Labute approximate surface area is 124 Å². The second-order valence-corrected chi connectivity index (χ2v) is 5.20. The van der Waals surface area contributed by atoms with Gasteiger partial charge in [-0.1, -0.05) is 30.3 Å². The Bertz CT molecular complexity index is 697. The first-order chi connectivity index (χ1) is 10.1. The number of benzene rings is 2. The number of hydrogen-bond acceptors (Lipinski definition) is 2. The zero-order valence-electron chi connectivity index (χ0n) is 12.4. The van der Waals surface area contributed by atoms with E-state index in [-0.39, 0.29) is 12.1 Å². The normalized spacial score (nSPS) is 15.5. The number of urea groups is 1. The number of carbonyl (C=O) groups excluding carboxylic acids is 1. The lowest BCUT2D eigenvalue weighted by atomic mass is 9.90. The third-order valence-corrected chi connectivity index (χ3v) is 3.91. The van der Waals surface area contributed by atoms with Crippen LogP contribution in [0.4, 0.5) is 4.79 Å². The van der Waals surface area contributed by atoms with E-state index in [0.717, 1.165) is 28.2 Å². The van der Waals surface area contributed by atoms with Crippen LogP contribution in [0, 0.1) is 6.92 Å². The standard InChI is InChI=1S/C17H18N2O2/c1-11-7-6-10-14-15(11)16(19(3)17(20)18-2)12-8-4-5-9-13(12)21-14/h4-10,16H,1-3H3,(H,18,20). The highest BCUT2D eigenvalue weighted by Gasteiger charge is 2.33. The third-order valence-electron chi connectivity index (χ3n) is 3.91. The summed E-state index contributed by atoms with van der Waals surface area (Å²) in [5, 5.41) is 2.69. The van der Waals surface area contributed by atoms with Gasteiger partial charge < -0.3 is 15.0 Å². The topological polar surface area (TPSA) is 41.6 Å². The second-order valence-electron chi connectivity index (χ2n) is 5.20. The molecule has 4 nitrogen and oxygen atoms in total. The maximum Gasteiger partial charge on any atom is 0.317 e. The van der Waals surface area contributed by atoms with Gasteiger partial charge in [-0.25, -0.2) is 4.79 Å². The molecule has 0 spiro atoms. The summed E-state index contributed by atoms with van der Waals surface area (Å²) in [5.41, 5.74) is 3.16. The van der Waals surface area contributed by atoms with Crippen LogP contribution >= 0.6 is 0 Å². The van der Waals surface area contributed by atoms with Crippen molar-refractivity contribution in [2.45, 2.75) is 13.0 Å². The predicted molar refractivity (Wildman–Crippen MR) is 81.8 cm³/mol. The highest BCUT2D eigenvalue weighted by Crippen LogP contribution is 2.46. The zero-order chi connectivity index (χ0) is 15.0.